The highest BCUT2D eigenvalue weighted by Gasteiger charge is 2.72. The van der Waals surface area contributed by atoms with Gasteiger partial charge in [0.25, 0.3) is 0 Å². The van der Waals surface area contributed by atoms with Gasteiger partial charge in [-0.2, -0.15) is 0 Å². The van der Waals surface area contributed by atoms with E-state index in [9.17, 15) is 19.8 Å². The monoisotopic (exact) mass is 372 g/mol. The quantitative estimate of drug-likeness (QED) is 0.593. The fraction of sp³-hybridized carbons (Fsp3) is 0.300. The number of Topliss-reactive ketones (excluding diaryl/α,β-unsaturated/α-hetero) is 2. The summed E-state index contributed by atoms with van der Waals surface area (Å²) in [7, 11) is 2.76. The summed E-state index contributed by atoms with van der Waals surface area (Å²) in [6, 6.07) is 8.39. The van der Waals surface area contributed by atoms with Gasteiger partial charge in [-0.1, -0.05) is 0 Å². The van der Waals surface area contributed by atoms with Gasteiger partial charge in [-0.25, -0.2) is 0 Å². The fourth-order valence-corrected chi connectivity index (χ4v) is 3.10. The summed E-state index contributed by atoms with van der Waals surface area (Å²) in [4.78, 5) is 25.9. The number of carbonyl (C=O) groups is 2. The van der Waals surface area contributed by atoms with E-state index in [1.54, 1.807) is 13.8 Å². The van der Waals surface area contributed by atoms with Gasteiger partial charge in [0.05, 0.1) is 14.2 Å². The Morgan fingerprint density at radius 2 is 1.19 bits per heavy atom. The van der Waals surface area contributed by atoms with E-state index in [2.05, 4.69) is 0 Å². The molecule has 0 aromatic heterocycles. The van der Waals surface area contributed by atoms with E-state index in [1.165, 1.54) is 50.6 Å². The number of hydrogen-bond donors (Lipinski definition) is 2. The van der Waals surface area contributed by atoms with Crippen molar-refractivity contribution in [3.8, 4) is 23.0 Å². The third kappa shape index (κ3) is 2.80. The first-order valence-electron chi connectivity index (χ1n) is 8.21. The summed E-state index contributed by atoms with van der Waals surface area (Å²) >= 11 is 0. The number of hydrogen-bond acceptors (Lipinski definition) is 7. The SMILES string of the molecule is COc1cc(C(=O)[C@]2(C)O[C@]2(C)C(=O)c2ccc(O)c(OC)c2)ccc1O. The zero-order valence-corrected chi connectivity index (χ0v) is 15.4. The zero-order valence-electron chi connectivity index (χ0n) is 15.4. The minimum atomic E-state index is -1.36. The molecule has 142 valence electrons. The molecular formula is C20H20O7. The lowest BCUT2D eigenvalue weighted by Gasteiger charge is -2.13. The Kier molecular flexibility index (Phi) is 4.35. The average Bonchev–Trinajstić information content (AvgIpc) is 3.25. The zero-order chi connectivity index (χ0) is 20.0. The number of rotatable bonds is 6. The minimum Gasteiger partial charge on any atom is -0.504 e. The van der Waals surface area contributed by atoms with Gasteiger partial charge in [0, 0.05) is 11.1 Å². The second-order valence-electron chi connectivity index (χ2n) is 6.60. The molecule has 0 unspecified atom stereocenters. The van der Waals surface area contributed by atoms with Crippen LogP contribution in [-0.4, -0.2) is 47.2 Å². The number of carbonyl (C=O) groups excluding carboxylic acids is 2. The summed E-state index contributed by atoms with van der Waals surface area (Å²) in [5, 5.41) is 19.4. The topological polar surface area (TPSA) is 106 Å². The van der Waals surface area contributed by atoms with Crippen molar-refractivity contribution in [1.29, 1.82) is 0 Å². The number of ketones is 2. The molecule has 0 amide bonds. The highest BCUT2D eigenvalue weighted by molar-refractivity contribution is 6.15. The van der Waals surface area contributed by atoms with Crippen molar-refractivity contribution in [3.05, 3.63) is 47.5 Å². The maximum absolute atomic E-state index is 13.0. The molecule has 1 saturated heterocycles. The standard InChI is InChI=1S/C20H20O7/c1-19(17(23)11-5-7-13(21)15(9-11)25-3)20(2,27-19)18(24)12-6-8-14(22)16(10-12)26-4/h5-10,21-22H,1-4H3/t19-,20+. The lowest BCUT2D eigenvalue weighted by Crippen LogP contribution is -2.35. The lowest BCUT2D eigenvalue weighted by molar-refractivity contribution is 0.0882. The number of phenols is 2. The summed E-state index contributed by atoms with van der Waals surface area (Å²) in [5.41, 5.74) is -2.21. The molecule has 2 N–H and O–H groups in total. The average molecular weight is 372 g/mol. The van der Waals surface area contributed by atoms with Crippen molar-refractivity contribution in [2.45, 2.75) is 25.0 Å². The van der Waals surface area contributed by atoms with E-state index in [4.69, 9.17) is 14.2 Å². The lowest BCUT2D eigenvalue weighted by atomic mass is 9.83. The Morgan fingerprint density at radius 3 is 1.52 bits per heavy atom. The molecule has 0 radical (unpaired) electrons. The number of epoxide rings is 1. The molecule has 2 atom stereocenters. The molecule has 27 heavy (non-hydrogen) atoms. The van der Waals surface area contributed by atoms with Gasteiger partial charge in [0.2, 0.25) is 0 Å². The highest BCUT2D eigenvalue weighted by Crippen LogP contribution is 2.52. The Balaban J connectivity index is 1.91. The van der Waals surface area contributed by atoms with E-state index in [1.807, 2.05) is 0 Å². The van der Waals surface area contributed by atoms with Crippen LogP contribution in [0.25, 0.3) is 0 Å². The molecule has 1 aliphatic heterocycles. The molecule has 1 heterocycles. The van der Waals surface area contributed by atoms with Crippen molar-refractivity contribution in [2.24, 2.45) is 0 Å². The largest absolute Gasteiger partial charge is 0.504 e. The summed E-state index contributed by atoms with van der Waals surface area (Å²) in [6.45, 7) is 3.09. The van der Waals surface area contributed by atoms with E-state index >= 15 is 0 Å². The van der Waals surface area contributed by atoms with E-state index in [0.717, 1.165) is 0 Å². The van der Waals surface area contributed by atoms with Crippen LogP contribution in [0.4, 0.5) is 0 Å². The van der Waals surface area contributed by atoms with Crippen LogP contribution in [0, 0.1) is 0 Å². The fourth-order valence-electron chi connectivity index (χ4n) is 3.10. The number of methoxy groups -OCH3 is 2. The molecule has 0 aliphatic carbocycles. The molecule has 7 heteroatoms. The number of phenolic OH excluding ortho intramolecular Hbond substituents is 2. The van der Waals surface area contributed by atoms with Crippen molar-refractivity contribution in [3.63, 3.8) is 0 Å². The second kappa shape index (κ2) is 6.28. The van der Waals surface area contributed by atoms with Gasteiger partial charge in [0.1, 0.15) is 0 Å². The van der Waals surface area contributed by atoms with Crippen LogP contribution in [-0.2, 0) is 4.74 Å². The Labute approximate surface area is 156 Å². The predicted molar refractivity (Wildman–Crippen MR) is 95.9 cm³/mol. The van der Waals surface area contributed by atoms with Gasteiger partial charge in [0.15, 0.2) is 45.8 Å². The van der Waals surface area contributed by atoms with E-state index in [-0.39, 0.29) is 34.1 Å². The van der Waals surface area contributed by atoms with Crippen LogP contribution in [0.3, 0.4) is 0 Å². The minimum absolute atomic E-state index is 0.0917. The van der Waals surface area contributed by atoms with Crippen LogP contribution in [0.2, 0.25) is 0 Å². The van der Waals surface area contributed by atoms with E-state index < -0.39 is 22.8 Å². The van der Waals surface area contributed by atoms with Crippen LogP contribution in [0.15, 0.2) is 36.4 Å². The molecule has 7 nitrogen and oxygen atoms in total. The van der Waals surface area contributed by atoms with Crippen molar-refractivity contribution in [2.75, 3.05) is 14.2 Å². The first-order valence-corrected chi connectivity index (χ1v) is 8.21. The molecule has 2 aromatic carbocycles. The Morgan fingerprint density at radius 1 is 0.815 bits per heavy atom. The van der Waals surface area contributed by atoms with Crippen LogP contribution < -0.4 is 9.47 Å². The van der Waals surface area contributed by atoms with Crippen LogP contribution in [0.1, 0.15) is 34.6 Å². The van der Waals surface area contributed by atoms with Gasteiger partial charge >= 0.3 is 0 Å². The van der Waals surface area contributed by atoms with Crippen LogP contribution >= 0.6 is 0 Å². The van der Waals surface area contributed by atoms with E-state index in [0.29, 0.717) is 0 Å². The first kappa shape index (κ1) is 18.7. The molecule has 0 spiro atoms. The van der Waals surface area contributed by atoms with Crippen molar-refractivity contribution < 1.29 is 34.0 Å². The van der Waals surface area contributed by atoms with Crippen molar-refractivity contribution in [1.82, 2.24) is 0 Å². The maximum Gasteiger partial charge on any atom is 0.198 e. The molecule has 1 fully saturated rings. The second-order valence-corrected chi connectivity index (χ2v) is 6.60. The maximum atomic E-state index is 13.0. The van der Waals surface area contributed by atoms with Crippen LogP contribution in [0.5, 0.6) is 23.0 Å². The molecule has 2 aromatic rings. The van der Waals surface area contributed by atoms with Crippen molar-refractivity contribution >= 4 is 11.6 Å². The predicted octanol–water partition coefficient (Wildman–Crippen LogP) is 2.73. The molecular weight excluding hydrogens is 352 g/mol. The number of benzene rings is 2. The summed E-state index contributed by atoms with van der Waals surface area (Å²) in [6.07, 6.45) is 0. The molecule has 1 aliphatic rings. The third-order valence-corrected chi connectivity index (χ3v) is 5.03. The van der Waals surface area contributed by atoms with Gasteiger partial charge < -0.3 is 24.4 Å². The smallest absolute Gasteiger partial charge is 0.198 e. The summed E-state index contributed by atoms with van der Waals surface area (Å²) in [5.74, 6) is -0.676. The molecule has 0 bridgehead atoms. The molecule has 3 rings (SSSR count). The third-order valence-electron chi connectivity index (χ3n) is 5.03. The summed E-state index contributed by atoms with van der Waals surface area (Å²) < 4.78 is 15.7. The number of aromatic hydroxyl groups is 2. The van der Waals surface area contributed by atoms with Gasteiger partial charge in [-0.05, 0) is 50.2 Å². The van der Waals surface area contributed by atoms with Gasteiger partial charge in [-0.3, -0.25) is 9.59 Å². The molecule has 0 saturated carbocycles. The highest BCUT2D eigenvalue weighted by atomic mass is 16.6. The first-order chi connectivity index (χ1) is 12.7. The normalized spacial score (nSPS) is 23.6. The Hall–Kier alpha value is -3.06. The van der Waals surface area contributed by atoms with Gasteiger partial charge in [-0.15, -0.1) is 0 Å². The Bertz CT molecular complexity index is 860. The number of ether oxygens (including phenoxy) is 3.